The molecule has 5 heteroatoms. The normalized spacial score (nSPS) is 19.4. The van der Waals surface area contributed by atoms with Crippen LogP contribution in [0.5, 0.6) is 0 Å². The largest absolute Gasteiger partial charge is 0.381 e. The minimum atomic E-state index is 0.215. The van der Waals surface area contributed by atoms with Crippen molar-refractivity contribution < 1.29 is 0 Å². The summed E-state index contributed by atoms with van der Waals surface area (Å²) in [5, 5.41) is 11.7. The van der Waals surface area contributed by atoms with Crippen molar-refractivity contribution in [3.8, 4) is 0 Å². The van der Waals surface area contributed by atoms with E-state index in [1.54, 1.807) is 0 Å². The zero-order valence-electron chi connectivity index (χ0n) is 4.26. The lowest BCUT2D eigenvalue weighted by Gasteiger charge is -1.99. The molecule has 1 aliphatic rings. The van der Waals surface area contributed by atoms with Gasteiger partial charge in [0.25, 0.3) is 0 Å². The van der Waals surface area contributed by atoms with Crippen LogP contribution >= 0.6 is 0 Å². The van der Waals surface area contributed by atoms with E-state index in [0.29, 0.717) is 6.54 Å². The molecule has 0 bridgehead atoms. The average Bonchev–Trinajstić information content (AvgIpc) is 1.85. The summed E-state index contributed by atoms with van der Waals surface area (Å²) < 4.78 is 0. The summed E-state index contributed by atoms with van der Waals surface area (Å²) in [5.74, 6) is 5.36. The third-order valence-corrected chi connectivity index (χ3v) is 0.865. The number of rotatable bonds is 0. The lowest BCUT2D eigenvalue weighted by molar-refractivity contribution is 0.356. The highest BCUT2D eigenvalue weighted by molar-refractivity contribution is 6.41. The second-order valence-corrected chi connectivity index (χ2v) is 1.56. The number of hydrazine groups is 1. The Morgan fingerprint density at radius 3 is 2.50 bits per heavy atom. The van der Waals surface area contributed by atoms with Crippen LogP contribution in [0.4, 0.5) is 0 Å². The van der Waals surface area contributed by atoms with Crippen molar-refractivity contribution in [2.24, 2.45) is 16.7 Å². The van der Waals surface area contributed by atoms with Crippen molar-refractivity contribution in [1.29, 1.82) is 5.41 Å². The predicted molar refractivity (Wildman–Crippen MR) is 30.2 cm³/mol. The smallest absolute Gasteiger partial charge is 0.168 e. The molecule has 8 heavy (non-hydrogen) atoms. The van der Waals surface area contributed by atoms with Gasteiger partial charge in [0, 0.05) is 0 Å². The Labute approximate surface area is 46.4 Å². The SMILES string of the molecule is N=C1CN(N)N=C1N. The monoisotopic (exact) mass is 113 g/mol. The van der Waals surface area contributed by atoms with Crippen molar-refractivity contribution in [2.75, 3.05) is 6.54 Å². The maximum absolute atomic E-state index is 7.01. The van der Waals surface area contributed by atoms with Gasteiger partial charge in [0.2, 0.25) is 0 Å². The molecule has 0 spiro atoms. The third kappa shape index (κ3) is 0.627. The molecule has 1 aliphatic heterocycles. The molecule has 0 fully saturated rings. The average molecular weight is 113 g/mol. The Kier molecular flexibility index (Phi) is 0.911. The second kappa shape index (κ2) is 1.45. The molecule has 0 aromatic heterocycles. The van der Waals surface area contributed by atoms with Gasteiger partial charge >= 0.3 is 0 Å². The Morgan fingerprint density at radius 2 is 2.38 bits per heavy atom. The maximum Gasteiger partial charge on any atom is 0.168 e. The highest BCUT2D eigenvalue weighted by atomic mass is 15.6. The molecule has 0 aliphatic carbocycles. The Morgan fingerprint density at radius 1 is 1.75 bits per heavy atom. The molecule has 0 saturated heterocycles. The second-order valence-electron chi connectivity index (χ2n) is 1.56. The lowest BCUT2D eigenvalue weighted by atomic mass is 10.4. The fraction of sp³-hybridized carbons (Fsp3) is 0.333. The summed E-state index contributed by atoms with van der Waals surface area (Å²) in [6, 6.07) is 0. The first kappa shape index (κ1) is 5.04. The Bertz CT molecular complexity index is 148. The topological polar surface area (TPSA) is 91.5 Å². The van der Waals surface area contributed by atoms with E-state index in [0.717, 1.165) is 5.12 Å². The van der Waals surface area contributed by atoms with Crippen molar-refractivity contribution in [2.45, 2.75) is 0 Å². The number of amidine groups is 1. The van der Waals surface area contributed by atoms with Crippen molar-refractivity contribution in [3.05, 3.63) is 0 Å². The van der Waals surface area contributed by atoms with E-state index in [1.165, 1.54) is 0 Å². The quantitative estimate of drug-likeness (QED) is 0.333. The van der Waals surface area contributed by atoms with E-state index in [4.69, 9.17) is 17.0 Å². The van der Waals surface area contributed by atoms with Gasteiger partial charge in [0.15, 0.2) is 5.84 Å². The van der Waals surface area contributed by atoms with E-state index in [2.05, 4.69) is 5.10 Å². The first-order valence-corrected chi connectivity index (χ1v) is 2.14. The van der Waals surface area contributed by atoms with Crippen LogP contribution in [-0.2, 0) is 0 Å². The summed E-state index contributed by atoms with van der Waals surface area (Å²) in [7, 11) is 0. The number of hydrogen-bond acceptors (Lipinski definition) is 5. The van der Waals surface area contributed by atoms with Crippen LogP contribution in [0.2, 0.25) is 0 Å². The maximum atomic E-state index is 7.01. The zero-order chi connectivity index (χ0) is 6.15. The molecule has 1 heterocycles. The molecule has 44 valence electrons. The molecule has 0 saturated carbocycles. The van der Waals surface area contributed by atoms with Gasteiger partial charge in [-0.2, -0.15) is 0 Å². The van der Waals surface area contributed by atoms with Gasteiger partial charge in [-0.1, -0.05) is 0 Å². The first-order valence-electron chi connectivity index (χ1n) is 2.14. The first-order chi connectivity index (χ1) is 3.70. The molecule has 5 nitrogen and oxygen atoms in total. The van der Waals surface area contributed by atoms with E-state index < -0.39 is 0 Å². The van der Waals surface area contributed by atoms with E-state index in [9.17, 15) is 0 Å². The zero-order valence-corrected chi connectivity index (χ0v) is 4.26. The van der Waals surface area contributed by atoms with Gasteiger partial charge in [-0.25, -0.2) is 11.0 Å². The minimum Gasteiger partial charge on any atom is -0.381 e. The van der Waals surface area contributed by atoms with Gasteiger partial charge in [0.1, 0.15) is 0 Å². The highest BCUT2D eigenvalue weighted by Crippen LogP contribution is 1.90. The van der Waals surface area contributed by atoms with Crippen LogP contribution < -0.4 is 11.6 Å². The van der Waals surface area contributed by atoms with Gasteiger partial charge < -0.3 is 5.73 Å². The molecule has 0 aromatic carbocycles. The summed E-state index contributed by atoms with van der Waals surface area (Å²) >= 11 is 0. The lowest BCUT2D eigenvalue weighted by Crippen LogP contribution is -2.26. The molecule has 5 N–H and O–H groups in total. The standard InChI is InChI=1S/C3H7N5/c4-2-1-8(6)7-3(2)5/h4H,1,6H2,(H2,5,7). The van der Waals surface area contributed by atoms with Crippen LogP contribution in [0.3, 0.4) is 0 Å². The van der Waals surface area contributed by atoms with E-state index in [1.807, 2.05) is 0 Å². The van der Waals surface area contributed by atoms with Gasteiger partial charge in [-0.15, -0.1) is 5.10 Å². The van der Waals surface area contributed by atoms with Gasteiger partial charge in [-0.3, -0.25) is 5.41 Å². The molecule has 0 aromatic rings. The number of hydrazone groups is 1. The number of hydrogen-bond donors (Lipinski definition) is 3. The van der Waals surface area contributed by atoms with Gasteiger partial charge in [-0.05, 0) is 0 Å². The van der Waals surface area contributed by atoms with Crippen LogP contribution in [0.25, 0.3) is 0 Å². The highest BCUT2D eigenvalue weighted by Gasteiger charge is 2.13. The van der Waals surface area contributed by atoms with Crippen LogP contribution in [-0.4, -0.2) is 23.2 Å². The van der Waals surface area contributed by atoms with E-state index in [-0.39, 0.29) is 11.5 Å². The summed E-state index contributed by atoms with van der Waals surface area (Å²) in [6.45, 7) is 0.325. The molecular weight excluding hydrogens is 106 g/mol. The number of nitrogens with zero attached hydrogens (tertiary/aromatic N) is 2. The predicted octanol–water partition coefficient (Wildman–Crippen LogP) is -1.53. The van der Waals surface area contributed by atoms with E-state index >= 15 is 0 Å². The summed E-state index contributed by atoms with van der Waals surface area (Å²) in [5.41, 5.74) is 5.46. The Hall–Kier alpha value is -1.10. The minimum absolute atomic E-state index is 0.215. The number of nitrogens with one attached hydrogen (secondary N) is 1. The third-order valence-electron chi connectivity index (χ3n) is 0.865. The van der Waals surface area contributed by atoms with Crippen molar-refractivity contribution >= 4 is 11.5 Å². The van der Waals surface area contributed by atoms with Crippen molar-refractivity contribution in [1.82, 2.24) is 5.12 Å². The van der Waals surface area contributed by atoms with Crippen LogP contribution in [0, 0.1) is 5.41 Å². The Balaban J connectivity index is 2.73. The molecule has 0 radical (unpaired) electrons. The molecular formula is C3H7N5. The summed E-state index contributed by atoms with van der Waals surface area (Å²) in [6.07, 6.45) is 0. The molecule has 0 amide bonds. The molecule has 0 atom stereocenters. The van der Waals surface area contributed by atoms with Crippen LogP contribution in [0.1, 0.15) is 0 Å². The fourth-order valence-corrected chi connectivity index (χ4v) is 0.477. The van der Waals surface area contributed by atoms with Crippen LogP contribution in [0.15, 0.2) is 5.10 Å². The molecule has 0 unspecified atom stereocenters. The fourth-order valence-electron chi connectivity index (χ4n) is 0.477. The molecule has 1 rings (SSSR count). The van der Waals surface area contributed by atoms with Crippen molar-refractivity contribution in [3.63, 3.8) is 0 Å². The summed E-state index contributed by atoms with van der Waals surface area (Å²) in [4.78, 5) is 0. The number of nitrogens with two attached hydrogens (primary N) is 2. The van der Waals surface area contributed by atoms with Gasteiger partial charge in [0.05, 0.1) is 12.3 Å².